The fraction of sp³-hybridized carbons (Fsp3) is 0.300. The minimum Gasteiger partial charge on any atom is -0.339 e. The van der Waals surface area contributed by atoms with Crippen LogP contribution in [-0.4, -0.2) is 48.8 Å². The van der Waals surface area contributed by atoms with Crippen LogP contribution in [0.25, 0.3) is 11.1 Å². The Morgan fingerprint density at radius 1 is 1.04 bits per heavy atom. The Kier molecular flexibility index (Phi) is 4.82. The summed E-state index contributed by atoms with van der Waals surface area (Å²) in [7, 11) is 0. The maximum Gasteiger partial charge on any atom is 0.256 e. The highest BCUT2D eigenvalue weighted by Gasteiger charge is 2.27. The van der Waals surface area contributed by atoms with Crippen molar-refractivity contribution >= 4 is 5.91 Å². The number of nitrogens with zero attached hydrogens (tertiary/aromatic N) is 6. The highest BCUT2D eigenvalue weighted by Crippen LogP contribution is 2.33. The molecule has 1 aliphatic heterocycles. The zero-order valence-electron chi connectivity index (χ0n) is 15.1. The van der Waals surface area contributed by atoms with Gasteiger partial charge in [0.25, 0.3) is 5.91 Å². The number of hydrogen-bond acceptors (Lipinski definition) is 6. The van der Waals surface area contributed by atoms with Crippen LogP contribution in [0.5, 0.6) is 0 Å². The van der Waals surface area contributed by atoms with Crippen LogP contribution in [0.1, 0.15) is 40.6 Å². The molecule has 3 aromatic heterocycles. The van der Waals surface area contributed by atoms with E-state index in [0.717, 1.165) is 35.5 Å². The van der Waals surface area contributed by atoms with Gasteiger partial charge in [-0.25, -0.2) is 19.9 Å². The summed E-state index contributed by atoms with van der Waals surface area (Å²) in [6.07, 6.45) is 11.8. The fourth-order valence-corrected chi connectivity index (χ4v) is 3.50. The fourth-order valence-electron chi connectivity index (χ4n) is 3.50. The van der Waals surface area contributed by atoms with Crippen molar-refractivity contribution in [3.05, 3.63) is 66.5 Å². The molecule has 0 aromatic carbocycles. The van der Waals surface area contributed by atoms with Crippen LogP contribution in [0.2, 0.25) is 0 Å². The predicted molar refractivity (Wildman–Crippen MR) is 99.9 cm³/mol. The van der Waals surface area contributed by atoms with E-state index in [1.807, 2.05) is 30.2 Å². The lowest BCUT2D eigenvalue weighted by Gasteiger charge is -2.32. The Balaban J connectivity index is 1.53. The van der Waals surface area contributed by atoms with E-state index in [0.29, 0.717) is 24.6 Å². The van der Waals surface area contributed by atoms with Gasteiger partial charge in [0.15, 0.2) is 0 Å². The maximum atomic E-state index is 12.6. The van der Waals surface area contributed by atoms with E-state index in [4.69, 9.17) is 4.98 Å². The van der Waals surface area contributed by atoms with E-state index in [1.165, 1.54) is 6.33 Å². The zero-order chi connectivity index (χ0) is 18.6. The van der Waals surface area contributed by atoms with Crippen molar-refractivity contribution in [2.75, 3.05) is 13.1 Å². The van der Waals surface area contributed by atoms with Crippen LogP contribution in [-0.2, 0) is 0 Å². The first-order valence-corrected chi connectivity index (χ1v) is 9.00. The van der Waals surface area contributed by atoms with Crippen LogP contribution in [0.15, 0.2) is 49.4 Å². The van der Waals surface area contributed by atoms with Gasteiger partial charge in [-0.05, 0) is 37.5 Å². The highest BCUT2D eigenvalue weighted by molar-refractivity contribution is 5.93. The third-order valence-corrected chi connectivity index (χ3v) is 4.91. The SMILES string of the molecule is Cc1ncc(-c2ccncc2)c(C2CCN(C(=O)c3cncnc3)CC2)n1. The Morgan fingerprint density at radius 2 is 1.74 bits per heavy atom. The van der Waals surface area contributed by atoms with Gasteiger partial charge in [-0.15, -0.1) is 0 Å². The molecule has 0 unspecified atom stereocenters. The van der Waals surface area contributed by atoms with Crippen molar-refractivity contribution in [3.8, 4) is 11.1 Å². The minimum atomic E-state index is -0.0118. The summed E-state index contributed by atoms with van der Waals surface area (Å²) < 4.78 is 0. The zero-order valence-corrected chi connectivity index (χ0v) is 15.1. The monoisotopic (exact) mass is 360 g/mol. The average Bonchev–Trinajstić information content (AvgIpc) is 2.74. The molecule has 0 radical (unpaired) electrons. The number of carbonyl (C=O) groups is 1. The van der Waals surface area contributed by atoms with Crippen LogP contribution >= 0.6 is 0 Å². The smallest absolute Gasteiger partial charge is 0.256 e. The molecule has 27 heavy (non-hydrogen) atoms. The number of piperidine rings is 1. The van der Waals surface area contributed by atoms with Crippen molar-refractivity contribution in [1.82, 2.24) is 29.8 Å². The van der Waals surface area contributed by atoms with E-state index >= 15 is 0 Å². The Bertz CT molecular complexity index is 924. The second kappa shape index (κ2) is 7.57. The van der Waals surface area contributed by atoms with Gasteiger partial charge >= 0.3 is 0 Å². The number of aryl methyl sites for hydroxylation is 1. The van der Waals surface area contributed by atoms with Crippen LogP contribution < -0.4 is 0 Å². The van der Waals surface area contributed by atoms with E-state index in [-0.39, 0.29) is 5.91 Å². The molecule has 0 bridgehead atoms. The molecule has 1 fully saturated rings. The third-order valence-electron chi connectivity index (χ3n) is 4.91. The van der Waals surface area contributed by atoms with Gasteiger partial charge in [0.05, 0.1) is 11.3 Å². The molecule has 0 aliphatic carbocycles. The first kappa shape index (κ1) is 17.2. The van der Waals surface area contributed by atoms with Gasteiger partial charge in [0.2, 0.25) is 0 Å². The summed E-state index contributed by atoms with van der Waals surface area (Å²) in [5.41, 5.74) is 3.71. The topological polar surface area (TPSA) is 84.8 Å². The van der Waals surface area contributed by atoms with E-state index in [9.17, 15) is 4.79 Å². The van der Waals surface area contributed by atoms with E-state index in [2.05, 4.69) is 19.9 Å². The first-order chi connectivity index (χ1) is 13.2. The number of rotatable bonds is 3. The van der Waals surface area contributed by atoms with E-state index < -0.39 is 0 Å². The second-order valence-electron chi connectivity index (χ2n) is 6.65. The van der Waals surface area contributed by atoms with Gasteiger partial charge in [-0.3, -0.25) is 9.78 Å². The molecule has 0 N–H and O–H groups in total. The molecule has 3 aromatic rings. The summed E-state index contributed by atoms with van der Waals surface area (Å²) in [6.45, 7) is 3.29. The number of pyridine rings is 1. The molecular formula is C20H20N6O. The molecule has 4 rings (SSSR count). The molecule has 1 saturated heterocycles. The largest absolute Gasteiger partial charge is 0.339 e. The third kappa shape index (κ3) is 3.67. The Labute approximate surface area is 157 Å². The van der Waals surface area contributed by atoms with Gasteiger partial charge in [-0.2, -0.15) is 0 Å². The van der Waals surface area contributed by atoms with Crippen molar-refractivity contribution < 1.29 is 4.79 Å². The summed E-state index contributed by atoms with van der Waals surface area (Å²) in [5, 5.41) is 0. The van der Waals surface area contributed by atoms with Crippen molar-refractivity contribution in [2.24, 2.45) is 0 Å². The number of likely N-dealkylation sites (tertiary alicyclic amines) is 1. The first-order valence-electron chi connectivity index (χ1n) is 9.00. The Morgan fingerprint density at radius 3 is 2.44 bits per heavy atom. The van der Waals surface area contributed by atoms with Crippen LogP contribution in [0, 0.1) is 6.92 Å². The van der Waals surface area contributed by atoms with Crippen LogP contribution in [0.4, 0.5) is 0 Å². The predicted octanol–water partition coefficient (Wildman–Crippen LogP) is 2.66. The second-order valence-corrected chi connectivity index (χ2v) is 6.65. The van der Waals surface area contributed by atoms with Crippen molar-refractivity contribution in [3.63, 3.8) is 0 Å². The Hall–Kier alpha value is -3.22. The minimum absolute atomic E-state index is 0.0118. The summed E-state index contributed by atoms with van der Waals surface area (Å²) in [6, 6.07) is 3.96. The molecule has 136 valence electrons. The molecule has 0 atom stereocenters. The lowest BCUT2D eigenvalue weighted by Crippen LogP contribution is -2.38. The van der Waals surface area contributed by atoms with E-state index in [1.54, 1.807) is 24.8 Å². The molecule has 1 aliphatic rings. The molecule has 0 spiro atoms. The van der Waals surface area contributed by atoms with Crippen LogP contribution in [0.3, 0.4) is 0 Å². The lowest BCUT2D eigenvalue weighted by atomic mass is 9.89. The maximum absolute atomic E-state index is 12.6. The van der Waals surface area contributed by atoms with Gasteiger partial charge in [-0.1, -0.05) is 0 Å². The van der Waals surface area contributed by atoms with Gasteiger partial charge < -0.3 is 4.90 Å². The summed E-state index contributed by atoms with van der Waals surface area (Å²) in [4.78, 5) is 35.6. The highest BCUT2D eigenvalue weighted by atomic mass is 16.2. The van der Waals surface area contributed by atoms with Crippen molar-refractivity contribution in [2.45, 2.75) is 25.7 Å². The normalized spacial score (nSPS) is 14.9. The average molecular weight is 360 g/mol. The molecule has 1 amide bonds. The van der Waals surface area contributed by atoms with Crippen molar-refractivity contribution in [1.29, 1.82) is 0 Å². The number of carbonyl (C=O) groups excluding carboxylic acids is 1. The molecule has 7 heteroatoms. The summed E-state index contributed by atoms with van der Waals surface area (Å²) >= 11 is 0. The molecule has 7 nitrogen and oxygen atoms in total. The molecule has 0 saturated carbocycles. The summed E-state index contributed by atoms with van der Waals surface area (Å²) in [5.74, 6) is 1.05. The molecule has 4 heterocycles. The number of aromatic nitrogens is 5. The standard InChI is InChI=1S/C20H20N6O/c1-14-24-12-18(15-2-6-21-7-3-15)19(25-14)16-4-8-26(9-5-16)20(27)17-10-22-13-23-11-17/h2-3,6-7,10-13,16H,4-5,8-9H2,1H3. The van der Waals surface area contributed by atoms with Gasteiger partial charge in [0, 0.05) is 55.6 Å². The quantitative estimate of drug-likeness (QED) is 0.714. The molecular weight excluding hydrogens is 340 g/mol. The number of amides is 1. The number of hydrogen-bond donors (Lipinski definition) is 0. The van der Waals surface area contributed by atoms with Gasteiger partial charge in [0.1, 0.15) is 12.2 Å². The lowest BCUT2D eigenvalue weighted by molar-refractivity contribution is 0.0711.